The fourth-order valence-corrected chi connectivity index (χ4v) is 5.68. The Labute approximate surface area is 167 Å². The van der Waals surface area contributed by atoms with Crippen LogP contribution in [0.3, 0.4) is 0 Å². The second-order valence-electron chi connectivity index (χ2n) is 7.93. The average Bonchev–Trinajstić information content (AvgIpc) is 3.29. The van der Waals surface area contributed by atoms with Crippen molar-refractivity contribution >= 4 is 22.0 Å². The van der Waals surface area contributed by atoms with Crippen molar-refractivity contribution < 1.29 is 17.7 Å². The van der Waals surface area contributed by atoms with Gasteiger partial charge in [-0.3, -0.25) is 4.79 Å². The first-order chi connectivity index (χ1) is 13.3. The number of hydrogen-bond donors (Lipinski definition) is 1. The molecule has 0 spiro atoms. The molecular weight excluding hydrogens is 380 g/mol. The van der Waals surface area contributed by atoms with Gasteiger partial charge in [-0.1, -0.05) is 18.0 Å². The fourth-order valence-electron chi connectivity index (χ4n) is 3.91. The summed E-state index contributed by atoms with van der Waals surface area (Å²) in [5, 5.41) is 6.95. The number of nitrogens with zero attached hydrogens (tertiary/aromatic N) is 3. The Hall–Kier alpha value is -1.87. The Bertz CT molecular complexity index is 825. The predicted molar refractivity (Wildman–Crippen MR) is 106 cm³/mol. The van der Waals surface area contributed by atoms with E-state index in [1.807, 2.05) is 14.1 Å². The number of carbonyl (C=O) groups is 1. The van der Waals surface area contributed by atoms with E-state index in [-0.39, 0.29) is 35.1 Å². The number of amides is 1. The van der Waals surface area contributed by atoms with Crippen LogP contribution in [0.25, 0.3) is 6.08 Å². The summed E-state index contributed by atoms with van der Waals surface area (Å²) in [5.41, 5.74) is 0.330. The van der Waals surface area contributed by atoms with Crippen molar-refractivity contribution in [3.05, 3.63) is 17.7 Å². The van der Waals surface area contributed by atoms with Crippen LogP contribution in [0.4, 0.5) is 0 Å². The topological polar surface area (TPSA) is 95.8 Å². The molecule has 8 nitrogen and oxygen atoms in total. The molecule has 2 aliphatic rings. The summed E-state index contributed by atoms with van der Waals surface area (Å²) in [6, 6.07) is 0.238. The molecule has 1 aliphatic carbocycles. The number of rotatable bonds is 6. The molecule has 1 saturated carbocycles. The SMILES string of the molecule is Cc1noc(/C=C/N(C)C)c1S(=O)(=O)N1CCC[C@@H](C(=O)NC2CCCC2)C1. The molecule has 2 fully saturated rings. The van der Waals surface area contributed by atoms with Crippen molar-refractivity contribution in [1.82, 2.24) is 19.7 Å². The van der Waals surface area contributed by atoms with Gasteiger partial charge in [-0.05, 0) is 32.6 Å². The molecule has 9 heteroatoms. The molecular formula is C19H30N4O4S. The van der Waals surface area contributed by atoms with Gasteiger partial charge in [-0.15, -0.1) is 0 Å². The summed E-state index contributed by atoms with van der Waals surface area (Å²) in [6.45, 7) is 2.22. The molecule has 2 heterocycles. The first kappa shape index (κ1) is 20.9. The van der Waals surface area contributed by atoms with Crippen LogP contribution in [0.2, 0.25) is 0 Å². The molecule has 156 valence electrons. The Kier molecular flexibility index (Phi) is 6.44. The molecule has 1 N–H and O–H groups in total. The van der Waals surface area contributed by atoms with E-state index in [0.717, 1.165) is 25.7 Å². The summed E-state index contributed by atoms with van der Waals surface area (Å²) >= 11 is 0. The molecule has 28 heavy (non-hydrogen) atoms. The van der Waals surface area contributed by atoms with Crippen LogP contribution in [0.5, 0.6) is 0 Å². The first-order valence-electron chi connectivity index (χ1n) is 9.90. The lowest BCUT2D eigenvalue weighted by Gasteiger charge is -2.31. The van der Waals surface area contributed by atoms with Crippen molar-refractivity contribution in [2.45, 2.75) is 56.4 Å². The standard InChI is InChI=1S/C19H30N4O4S/c1-14-18(17(27-21-14)10-12-22(2)3)28(25,26)23-11-6-7-15(13-23)19(24)20-16-8-4-5-9-16/h10,12,15-16H,4-9,11,13H2,1-3H3,(H,20,24)/b12-10+/t15-/m1/s1. The number of piperidine rings is 1. The molecule has 0 bridgehead atoms. The Morgan fingerprint density at radius 2 is 1.96 bits per heavy atom. The Morgan fingerprint density at radius 1 is 1.25 bits per heavy atom. The number of carbonyl (C=O) groups excluding carboxylic acids is 1. The van der Waals surface area contributed by atoms with Crippen molar-refractivity contribution in [1.29, 1.82) is 0 Å². The van der Waals surface area contributed by atoms with Gasteiger partial charge in [0.15, 0.2) is 10.7 Å². The summed E-state index contributed by atoms with van der Waals surface area (Å²) in [7, 11) is -0.116. The number of sulfonamides is 1. The van der Waals surface area contributed by atoms with Crippen LogP contribution in [-0.2, 0) is 14.8 Å². The van der Waals surface area contributed by atoms with Crippen LogP contribution in [0, 0.1) is 12.8 Å². The van der Waals surface area contributed by atoms with E-state index < -0.39 is 10.0 Å². The minimum Gasteiger partial charge on any atom is -0.383 e. The molecule has 0 unspecified atom stereocenters. The Morgan fingerprint density at radius 3 is 2.64 bits per heavy atom. The monoisotopic (exact) mass is 410 g/mol. The lowest BCUT2D eigenvalue weighted by molar-refractivity contribution is -0.126. The molecule has 1 saturated heterocycles. The van der Waals surface area contributed by atoms with Gasteiger partial charge < -0.3 is 14.7 Å². The highest BCUT2D eigenvalue weighted by Gasteiger charge is 2.37. The van der Waals surface area contributed by atoms with Gasteiger partial charge >= 0.3 is 0 Å². The highest BCUT2D eigenvalue weighted by molar-refractivity contribution is 7.89. The van der Waals surface area contributed by atoms with Gasteiger partial charge in [0.25, 0.3) is 0 Å². The lowest BCUT2D eigenvalue weighted by Crippen LogP contribution is -2.47. The zero-order valence-electron chi connectivity index (χ0n) is 16.8. The summed E-state index contributed by atoms with van der Waals surface area (Å²) in [5.74, 6) is -0.129. The minimum absolute atomic E-state index is 0.0263. The summed E-state index contributed by atoms with van der Waals surface area (Å²) < 4.78 is 33.2. The van der Waals surface area contributed by atoms with E-state index in [2.05, 4.69) is 10.5 Å². The lowest BCUT2D eigenvalue weighted by atomic mass is 9.98. The maximum absolute atomic E-state index is 13.3. The molecule has 1 aromatic rings. The Balaban J connectivity index is 1.76. The van der Waals surface area contributed by atoms with Crippen molar-refractivity contribution in [2.24, 2.45) is 5.92 Å². The molecule has 3 rings (SSSR count). The van der Waals surface area contributed by atoms with Crippen molar-refractivity contribution in [2.75, 3.05) is 27.2 Å². The van der Waals surface area contributed by atoms with Crippen molar-refractivity contribution in [3.63, 3.8) is 0 Å². The van der Waals surface area contributed by atoms with Crippen molar-refractivity contribution in [3.8, 4) is 0 Å². The molecule has 0 aromatic carbocycles. The van der Waals surface area contributed by atoms with Crippen LogP contribution in [0.15, 0.2) is 15.6 Å². The second kappa shape index (κ2) is 8.65. The maximum atomic E-state index is 13.3. The molecule has 1 aliphatic heterocycles. The smallest absolute Gasteiger partial charge is 0.248 e. The van der Waals surface area contributed by atoms with Crippen LogP contribution >= 0.6 is 0 Å². The minimum atomic E-state index is -3.79. The van der Waals surface area contributed by atoms with Gasteiger partial charge in [0.2, 0.25) is 15.9 Å². The predicted octanol–water partition coefficient (Wildman–Crippen LogP) is 1.97. The van der Waals surface area contributed by atoms with Gasteiger partial charge in [0, 0.05) is 45.5 Å². The quantitative estimate of drug-likeness (QED) is 0.770. The third-order valence-corrected chi connectivity index (χ3v) is 7.44. The highest BCUT2D eigenvalue weighted by Crippen LogP contribution is 2.29. The van der Waals surface area contributed by atoms with Gasteiger partial charge in [0.1, 0.15) is 5.69 Å². The molecule has 1 amide bonds. The molecule has 1 aromatic heterocycles. The van der Waals surface area contributed by atoms with Gasteiger partial charge in [-0.2, -0.15) is 4.31 Å². The van der Waals surface area contributed by atoms with E-state index in [1.165, 1.54) is 4.31 Å². The molecule has 1 atom stereocenters. The largest absolute Gasteiger partial charge is 0.383 e. The number of hydrogen-bond acceptors (Lipinski definition) is 6. The zero-order valence-corrected chi connectivity index (χ0v) is 17.7. The summed E-state index contributed by atoms with van der Waals surface area (Å²) in [6.07, 6.45) is 9.01. The number of nitrogens with one attached hydrogen (secondary N) is 1. The zero-order chi connectivity index (χ0) is 20.3. The average molecular weight is 411 g/mol. The third-order valence-electron chi connectivity index (χ3n) is 5.41. The van der Waals surface area contributed by atoms with Gasteiger partial charge in [0.05, 0.1) is 5.92 Å². The van der Waals surface area contributed by atoms with Crippen LogP contribution in [-0.4, -0.2) is 61.9 Å². The van der Waals surface area contributed by atoms with Crippen LogP contribution in [0.1, 0.15) is 50.0 Å². The second-order valence-corrected chi connectivity index (χ2v) is 9.81. The number of aryl methyl sites for hydroxylation is 1. The molecule has 0 radical (unpaired) electrons. The summed E-state index contributed by atoms with van der Waals surface area (Å²) in [4.78, 5) is 14.5. The first-order valence-corrected chi connectivity index (χ1v) is 11.3. The normalized spacial score (nSPS) is 22.0. The number of aromatic nitrogens is 1. The van der Waals surface area contributed by atoms with E-state index in [9.17, 15) is 13.2 Å². The maximum Gasteiger partial charge on any atom is 0.248 e. The van der Waals surface area contributed by atoms with E-state index in [4.69, 9.17) is 4.52 Å². The van der Waals surface area contributed by atoms with E-state index >= 15 is 0 Å². The van der Waals surface area contributed by atoms with E-state index in [0.29, 0.717) is 25.1 Å². The van der Waals surface area contributed by atoms with Crippen LogP contribution < -0.4 is 5.32 Å². The fraction of sp³-hybridized carbons (Fsp3) is 0.684. The highest BCUT2D eigenvalue weighted by atomic mass is 32.2. The van der Waals surface area contributed by atoms with E-state index in [1.54, 1.807) is 24.1 Å². The third kappa shape index (κ3) is 4.57. The van der Waals surface area contributed by atoms with Gasteiger partial charge in [-0.25, -0.2) is 8.42 Å².